The Labute approximate surface area is 188 Å². The number of anilines is 1. The molecule has 1 fully saturated rings. The quantitative estimate of drug-likeness (QED) is 0.648. The average molecular weight is 430 g/mol. The largest absolute Gasteiger partial charge is 0.454 e. The summed E-state index contributed by atoms with van der Waals surface area (Å²) < 4.78 is 10.9. The Hall–Kier alpha value is -3.51. The molecule has 1 N–H and O–H groups in total. The second kappa shape index (κ2) is 9.32. The topological polar surface area (TPSA) is 54.0 Å². The molecule has 3 aromatic carbocycles. The average Bonchev–Trinajstić information content (AvgIpc) is 3.33. The number of nitrogens with one attached hydrogen (secondary N) is 1. The summed E-state index contributed by atoms with van der Waals surface area (Å²) in [6.45, 7) is 5.58. The highest BCUT2D eigenvalue weighted by molar-refractivity contribution is 5.97. The van der Waals surface area contributed by atoms with Gasteiger partial charge in [0.1, 0.15) is 0 Å². The minimum Gasteiger partial charge on any atom is -0.454 e. The van der Waals surface area contributed by atoms with E-state index in [4.69, 9.17) is 9.47 Å². The molecule has 0 aromatic heterocycles. The Bertz CT molecular complexity index is 1080. The second-order valence-electron chi connectivity index (χ2n) is 8.09. The summed E-state index contributed by atoms with van der Waals surface area (Å²) in [6, 6.07) is 24.3. The number of nitrogens with zero attached hydrogens (tertiary/aromatic N) is 2. The first-order chi connectivity index (χ1) is 15.8. The van der Waals surface area contributed by atoms with Gasteiger partial charge in [0, 0.05) is 45.0 Å². The second-order valence-corrected chi connectivity index (χ2v) is 8.09. The summed E-state index contributed by atoms with van der Waals surface area (Å²) >= 11 is 0. The van der Waals surface area contributed by atoms with E-state index in [-0.39, 0.29) is 12.7 Å². The predicted molar refractivity (Wildman–Crippen MR) is 124 cm³/mol. The fourth-order valence-electron chi connectivity index (χ4n) is 4.31. The molecule has 0 unspecified atom stereocenters. The van der Waals surface area contributed by atoms with Crippen molar-refractivity contribution in [2.75, 3.05) is 37.9 Å². The SMILES string of the molecule is O=C(NCc1ccccc1CN1CCN(c2ccccc2)CC1)c1cccc2c1OCO2. The van der Waals surface area contributed by atoms with Crippen molar-refractivity contribution in [3.63, 3.8) is 0 Å². The standard InChI is InChI=1S/C26H27N3O3/c30-26(23-11-6-12-24-25(23)32-19-31-24)27-17-20-7-4-5-8-21(20)18-28-13-15-29(16-14-28)22-9-2-1-3-10-22/h1-12H,13-19H2,(H,27,30). The van der Waals surface area contributed by atoms with Gasteiger partial charge in [-0.05, 0) is 35.4 Å². The first kappa shape index (κ1) is 20.4. The third-order valence-electron chi connectivity index (χ3n) is 6.09. The van der Waals surface area contributed by atoms with E-state index >= 15 is 0 Å². The van der Waals surface area contributed by atoms with Crippen molar-refractivity contribution in [3.8, 4) is 11.5 Å². The third-order valence-corrected chi connectivity index (χ3v) is 6.09. The Morgan fingerprint density at radius 3 is 2.38 bits per heavy atom. The first-order valence-electron chi connectivity index (χ1n) is 11.0. The van der Waals surface area contributed by atoms with Crippen molar-refractivity contribution in [2.45, 2.75) is 13.1 Å². The summed E-state index contributed by atoms with van der Waals surface area (Å²) in [5, 5.41) is 3.05. The maximum Gasteiger partial charge on any atom is 0.255 e. The number of fused-ring (bicyclic) bond motifs is 1. The Kier molecular flexibility index (Phi) is 5.94. The molecule has 1 amide bonds. The van der Waals surface area contributed by atoms with Crippen LogP contribution in [0.5, 0.6) is 11.5 Å². The molecular formula is C26H27N3O3. The Morgan fingerprint density at radius 2 is 1.56 bits per heavy atom. The van der Waals surface area contributed by atoms with Crippen LogP contribution in [0, 0.1) is 0 Å². The van der Waals surface area contributed by atoms with E-state index in [1.54, 1.807) is 6.07 Å². The van der Waals surface area contributed by atoms with Crippen molar-refractivity contribution in [3.05, 3.63) is 89.5 Å². The molecule has 0 radical (unpaired) electrons. The van der Waals surface area contributed by atoms with Gasteiger partial charge in [-0.1, -0.05) is 48.5 Å². The molecule has 32 heavy (non-hydrogen) atoms. The van der Waals surface area contributed by atoms with Crippen LogP contribution in [0.1, 0.15) is 21.5 Å². The molecule has 0 atom stereocenters. The minimum atomic E-state index is -0.154. The van der Waals surface area contributed by atoms with Crippen LogP contribution in [0.25, 0.3) is 0 Å². The van der Waals surface area contributed by atoms with Gasteiger partial charge in [-0.2, -0.15) is 0 Å². The summed E-state index contributed by atoms with van der Waals surface area (Å²) in [5.41, 5.74) is 4.18. The number of hydrogen-bond acceptors (Lipinski definition) is 5. The fraction of sp³-hybridized carbons (Fsp3) is 0.269. The number of carbonyl (C=O) groups excluding carboxylic acids is 1. The van der Waals surface area contributed by atoms with Gasteiger partial charge in [0.15, 0.2) is 11.5 Å². The highest BCUT2D eigenvalue weighted by Crippen LogP contribution is 2.35. The van der Waals surface area contributed by atoms with Gasteiger partial charge >= 0.3 is 0 Å². The van der Waals surface area contributed by atoms with Crippen LogP contribution < -0.4 is 19.7 Å². The van der Waals surface area contributed by atoms with E-state index in [9.17, 15) is 4.79 Å². The molecule has 164 valence electrons. The van der Waals surface area contributed by atoms with E-state index < -0.39 is 0 Å². The number of carbonyl (C=O) groups is 1. The van der Waals surface area contributed by atoms with Gasteiger partial charge in [0.25, 0.3) is 5.91 Å². The van der Waals surface area contributed by atoms with Crippen molar-refractivity contribution in [2.24, 2.45) is 0 Å². The molecule has 2 aliphatic rings. The number of hydrogen-bond donors (Lipinski definition) is 1. The van der Waals surface area contributed by atoms with E-state index in [1.165, 1.54) is 11.3 Å². The van der Waals surface area contributed by atoms with E-state index in [2.05, 4.69) is 63.6 Å². The molecule has 6 nitrogen and oxygen atoms in total. The number of ether oxygens (including phenoxy) is 2. The van der Waals surface area contributed by atoms with Gasteiger partial charge in [0.2, 0.25) is 6.79 Å². The number of benzene rings is 3. The van der Waals surface area contributed by atoms with Crippen molar-refractivity contribution >= 4 is 11.6 Å². The lowest BCUT2D eigenvalue weighted by atomic mass is 10.1. The van der Waals surface area contributed by atoms with Crippen LogP contribution in [-0.4, -0.2) is 43.8 Å². The lowest BCUT2D eigenvalue weighted by Gasteiger charge is -2.36. The monoisotopic (exact) mass is 429 g/mol. The summed E-state index contributed by atoms with van der Waals surface area (Å²) in [7, 11) is 0. The maximum atomic E-state index is 12.8. The summed E-state index contributed by atoms with van der Waals surface area (Å²) in [6.07, 6.45) is 0. The van der Waals surface area contributed by atoms with Crippen LogP contribution in [0.4, 0.5) is 5.69 Å². The van der Waals surface area contributed by atoms with Gasteiger partial charge in [-0.25, -0.2) is 0 Å². The molecule has 1 saturated heterocycles. The van der Waals surface area contributed by atoms with Crippen molar-refractivity contribution in [1.29, 1.82) is 0 Å². The molecule has 2 aliphatic heterocycles. The van der Waals surface area contributed by atoms with Crippen LogP contribution >= 0.6 is 0 Å². The van der Waals surface area contributed by atoms with Crippen LogP contribution in [0.3, 0.4) is 0 Å². The molecule has 0 saturated carbocycles. The van der Waals surface area contributed by atoms with Crippen molar-refractivity contribution in [1.82, 2.24) is 10.2 Å². The zero-order valence-electron chi connectivity index (χ0n) is 18.0. The predicted octanol–water partition coefficient (Wildman–Crippen LogP) is 3.67. The van der Waals surface area contributed by atoms with Gasteiger partial charge in [-0.3, -0.25) is 9.69 Å². The van der Waals surface area contributed by atoms with Crippen molar-refractivity contribution < 1.29 is 14.3 Å². The zero-order valence-corrected chi connectivity index (χ0v) is 18.0. The molecule has 0 aliphatic carbocycles. The van der Waals surface area contributed by atoms with Crippen LogP contribution in [0.2, 0.25) is 0 Å². The van der Waals surface area contributed by atoms with E-state index in [0.717, 1.165) is 38.3 Å². The summed E-state index contributed by atoms with van der Waals surface area (Å²) in [4.78, 5) is 17.7. The number of para-hydroxylation sites is 2. The van der Waals surface area contributed by atoms with Gasteiger partial charge in [-0.15, -0.1) is 0 Å². The lowest BCUT2D eigenvalue weighted by Crippen LogP contribution is -2.46. The fourth-order valence-corrected chi connectivity index (χ4v) is 4.31. The van der Waals surface area contributed by atoms with Gasteiger partial charge < -0.3 is 19.7 Å². The molecule has 0 bridgehead atoms. The Morgan fingerprint density at radius 1 is 0.812 bits per heavy atom. The van der Waals surface area contributed by atoms with Gasteiger partial charge in [0.05, 0.1) is 5.56 Å². The Balaban J connectivity index is 1.20. The molecule has 6 heteroatoms. The molecule has 3 aromatic rings. The third kappa shape index (κ3) is 4.41. The molecular weight excluding hydrogens is 402 g/mol. The smallest absolute Gasteiger partial charge is 0.255 e. The minimum absolute atomic E-state index is 0.153. The maximum absolute atomic E-state index is 12.8. The zero-order chi connectivity index (χ0) is 21.8. The highest BCUT2D eigenvalue weighted by Gasteiger charge is 2.22. The number of piperazine rings is 1. The van der Waals surface area contributed by atoms with E-state index in [0.29, 0.717) is 23.6 Å². The molecule has 2 heterocycles. The van der Waals surface area contributed by atoms with Crippen LogP contribution in [-0.2, 0) is 13.1 Å². The normalized spacial score (nSPS) is 15.6. The summed E-state index contributed by atoms with van der Waals surface area (Å²) in [5.74, 6) is 0.987. The molecule has 0 spiro atoms. The van der Waals surface area contributed by atoms with Crippen LogP contribution in [0.15, 0.2) is 72.8 Å². The molecule has 5 rings (SSSR count). The lowest BCUT2D eigenvalue weighted by molar-refractivity contribution is 0.0946. The first-order valence-corrected chi connectivity index (χ1v) is 11.0. The number of amides is 1. The highest BCUT2D eigenvalue weighted by atomic mass is 16.7. The van der Waals surface area contributed by atoms with E-state index in [1.807, 2.05) is 18.2 Å². The number of rotatable bonds is 6.